The second kappa shape index (κ2) is 3.73. The number of hydrogen-bond donors (Lipinski definition) is 1. The fraction of sp³-hybridized carbons (Fsp3) is 1.00. The molecule has 2 aliphatic rings. The topological polar surface area (TPSA) is 24.5 Å². The number of hydrogen-bond acceptors (Lipinski definition) is 3. The van der Waals surface area contributed by atoms with Crippen LogP contribution in [0.25, 0.3) is 0 Å². The third-order valence-electron chi connectivity index (χ3n) is 2.93. The minimum atomic E-state index is 0.349. The van der Waals surface area contributed by atoms with Gasteiger partial charge >= 0.3 is 0 Å². The Hall–Kier alpha value is -0.120. The molecule has 3 heteroatoms. The summed E-state index contributed by atoms with van der Waals surface area (Å²) in [6.45, 7) is 7.81. The van der Waals surface area contributed by atoms with Crippen molar-refractivity contribution in [1.29, 1.82) is 0 Å². The lowest BCUT2D eigenvalue weighted by molar-refractivity contribution is 0.0551. The van der Waals surface area contributed by atoms with Crippen molar-refractivity contribution in [2.45, 2.75) is 19.6 Å². The highest BCUT2D eigenvalue weighted by atomic mass is 16.5. The summed E-state index contributed by atoms with van der Waals surface area (Å²) in [6, 6.07) is 0. The molecule has 2 unspecified atom stereocenters. The Balaban J connectivity index is 1.81. The number of ether oxygens (including phenoxy) is 1. The van der Waals surface area contributed by atoms with Gasteiger partial charge in [-0.2, -0.15) is 0 Å². The molecule has 1 N–H and O–H groups in total. The summed E-state index contributed by atoms with van der Waals surface area (Å²) < 4.78 is 5.59. The van der Waals surface area contributed by atoms with Crippen molar-refractivity contribution in [2.24, 2.45) is 5.92 Å². The van der Waals surface area contributed by atoms with E-state index in [9.17, 15) is 0 Å². The third kappa shape index (κ3) is 1.63. The number of rotatable bonds is 2. The largest absolute Gasteiger partial charge is 0.362 e. The Morgan fingerprint density at radius 3 is 3.08 bits per heavy atom. The lowest BCUT2D eigenvalue weighted by Crippen LogP contribution is -2.33. The summed E-state index contributed by atoms with van der Waals surface area (Å²) >= 11 is 0. The van der Waals surface area contributed by atoms with Crippen molar-refractivity contribution in [3.05, 3.63) is 0 Å². The first kappa shape index (κ1) is 8.48. The molecule has 2 saturated heterocycles. The van der Waals surface area contributed by atoms with Gasteiger partial charge < -0.3 is 9.64 Å². The highest BCUT2D eigenvalue weighted by molar-refractivity contribution is 4.81. The zero-order chi connectivity index (χ0) is 8.39. The molecule has 2 atom stereocenters. The van der Waals surface area contributed by atoms with E-state index in [1.807, 2.05) is 0 Å². The van der Waals surface area contributed by atoms with Crippen LogP contribution < -0.4 is 5.32 Å². The van der Waals surface area contributed by atoms with Crippen molar-refractivity contribution in [2.75, 3.05) is 32.8 Å². The van der Waals surface area contributed by atoms with Crippen LogP contribution in [0.1, 0.15) is 13.3 Å². The predicted octanol–water partition coefficient (Wildman–Crippen LogP) is 0.274. The molecule has 3 nitrogen and oxygen atoms in total. The van der Waals surface area contributed by atoms with Crippen molar-refractivity contribution in [1.82, 2.24) is 10.2 Å². The predicted molar refractivity (Wildman–Crippen MR) is 48.0 cm³/mol. The van der Waals surface area contributed by atoms with Gasteiger partial charge in [-0.1, -0.05) is 6.92 Å². The van der Waals surface area contributed by atoms with Crippen molar-refractivity contribution in [3.8, 4) is 0 Å². The highest BCUT2D eigenvalue weighted by Gasteiger charge is 2.30. The zero-order valence-corrected chi connectivity index (χ0v) is 7.75. The summed E-state index contributed by atoms with van der Waals surface area (Å²) in [6.07, 6.45) is 1.65. The van der Waals surface area contributed by atoms with Crippen molar-refractivity contribution in [3.63, 3.8) is 0 Å². The van der Waals surface area contributed by atoms with E-state index < -0.39 is 0 Å². The second-order valence-corrected chi connectivity index (χ2v) is 3.69. The maximum Gasteiger partial charge on any atom is 0.112 e. The fourth-order valence-electron chi connectivity index (χ4n) is 2.15. The molecule has 70 valence electrons. The molecule has 0 amide bonds. The number of nitrogens with zero attached hydrogens (tertiary/aromatic N) is 1. The van der Waals surface area contributed by atoms with Gasteiger partial charge in [0.25, 0.3) is 0 Å². The normalized spacial score (nSPS) is 37.8. The minimum Gasteiger partial charge on any atom is -0.362 e. The maximum atomic E-state index is 5.59. The van der Waals surface area contributed by atoms with Gasteiger partial charge in [0, 0.05) is 19.0 Å². The van der Waals surface area contributed by atoms with Gasteiger partial charge in [0.2, 0.25) is 0 Å². The first-order chi connectivity index (χ1) is 5.90. The van der Waals surface area contributed by atoms with E-state index in [0.717, 1.165) is 19.1 Å². The van der Waals surface area contributed by atoms with Gasteiger partial charge in [0.15, 0.2) is 0 Å². The van der Waals surface area contributed by atoms with E-state index in [4.69, 9.17) is 4.74 Å². The summed E-state index contributed by atoms with van der Waals surface area (Å²) in [5.41, 5.74) is 0. The molecular weight excluding hydrogens is 152 g/mol. The Labute approximate surface area is 74.1 Å². The molecule has 2 rings (SSSR count). The van der Waals surface area contributed by atoms with Gasteiger partial charge in [-0.25, -0.2) is 0 Å². The van der Waals surface area contributed by atoms with E-state index in [1.54, 1.807) is 0 Å². The second-order valence-electron chi connectivity index (χ2n) is 3.69. The summed E-state index contributed by atoms with van der Waals surface area (Å²) in [7, 11) is 0. The Bertz CT molecular complexity index is 145. The minimum absolute atomic E-state index is 0.349. The molecule has 0 radical (unpaired) electrons. The molecule has 2 aliphatic heterocycles. The van der Waals surface area contributed by atoms with Crippen LogP contribution in [0.3, 0.4) is 0 Å². The Morgan fingerprint density at radius 1 is 1.58 bits per heavy atom. The molecule has 12 heavy (non-hydrogen) atoms. The fourth-order valence-corrected chi connectivity index (χ4v) is 2.15. The van der Waals surface area contributed by atoms with Crippen LogP contribution in [0, 0.1) is 5.92 Å². The van der Waals surface area contributed by atoms with Gasteiger partial charge in [-0.3, -0.25) is 5.32 Å². The lowest BCUT2D eigenvalue weighted by Gasteiger charge is -2.18. The number of nitrogens with one attached hydrogen (secondary N) is 1. The lowest BCUT2D eigenvalue weighted by atomic mass is 10.1. The average Bonchev–Trinajstić information content (AvgIpc) is 2.75. The SMILES string of the molecule is CCN1CCC(C2NCCO2)C1. The first-order valence-corrected chi connectivity index (χ1v) is 4.97. The van der Waals surface area contributed by atoms with Crippen molar-refractivity contribution >= 4 is 0 Å². The van der Waals surface area contributed by atoms with Crippen LogP contribution in [0.2, 0.25) is 0 Å². The van der Waals surface area contributed by atoms with Crippen LogP contribution in [-0.2, 0) is 4.74 Å². The Morgan fingerprint density at radius 2 is 2.50 bits per heavy atom. The van der Waals surface area contributed by atoms with Crippen LogP contribution in [0.15, 0.2) is 0 Å². The van der Waals surface area contributed by atoms with Crippen LogP contribution in [-0.4, -0.2) is 43.9 Å². The highest BCUT2D eigenvalue weighted by Crippen LogP contribution is 2.21. The van der Waals surface area contributed by atoms with E-state index in [1.165, 1.54) is 26.1 Å². The molecule has 2 fully saturated rings. The molecule has 0 aromatic rings. The van der Waals surface area contributed by atoms with Gasteiger partial charge in [0.1, 0.15) is 6.23 Å². The number of likely N-dealkylation sites (tertiary alicyclic amines) is 1. The summed E-state index contributed by atoms with van der Waals surface area (Å²) in [4.78, 5) is 2.49. The monoisotopic (exact) mass is 170 g/mol. The molecular formula is C9H18N2O. The van der Waals surface area contributed by atoms with Gasteiger partial charge in [0.05, 0.1) is 6.61 Å². The molecule has 0 aromatic heterocycles. The molecule has 2 heterocycles. The third-order valence-corrected chi connectivity index (χ3v) is 2.93. The first-order valence-electron chi connectivity index (χ1n) is 4.97. The summed E-state index contributed by atoms with van der Waals surface area (Å²) in [5.74, 6) is 0.729. The van der Waals surface area contributed by atoms with Crippen molar-refractivity contribution < 1.29 is 4.74 Å². The van der Waals surface area contributed by atoms with Crippen LogP contribution in [0.4, 0.5) is 0 Å². The Kier molecular flexibility index (Phi) is 2.63. The molecule has 0 bridgehead atoms. The average molecular weight is 170 g/mol. The summed E-state index contributed by atoms with van der Waals surface area (Å²) in [5, 5.41) is 3.39. The quantitative estimate of drug-likeness (QED) is 0.644. The smallest absolute Gasteiger partial charge is 0.112 e. The van der Waals surface area contributed by atoms with Crippen LogP contribution in [0.5, 0.6) is 0 Å². The van der Waals surface area contributed by atoms with Crippen LogP contribution >= 0.6 is 0 Å². The van der Waals surface area contributed by atoms with E-state index in [0.29, 0.717) is 6.23 Å². The molecule has 0 saturated carbocycles. The van der Waals surface area contributed by atoms with Gasteiger partial charge in [-0.15, -0.1) is 0 Å². The standard InChI is InChI=1S/C9H18N2O/c1-2-11-5-3-8(7-11)9-10-4-6-12-9/h8-10H,2-7H2,1H3. The zero-order valence-electron chi connectivity index (χ0n) is 7.75. The molecule has 0 aliphatic carbocycles. The maximum absolute atomic E-state index is 5.59. The van der Waals surface area contributed by atoms with E-state index >= 15 is 0 Å². The molecule has 0 spiro atoms. The van der Waals surface area contributed by atoms with Gasteiger partial charge in [-0.05, 0) is 19.5 Å². The van der Waals surface area contributed by atoms with E-state index in [2.05, 4.69) is 17.1 Å². The van der Waals surface area contributed by atoms with E-state index in [-0.39, 0.29) is 0 Å². The molecule has 0 aromatic carbocycles.